The van der Waals surface area contributed by atoms with E-state index < -0.39 is 0 Å². The molecule has 5 aromatic carbocycles. The molecule has 0 aliphatic rings. The molecule has 0 unspecified atom stereocenters. The van der Waals surface area contributed by atoms with Crippen LogP contribution in [-0.2, 0) is 0 Å². The number of benzene rings is 5. The third-order valence-corrected chi connectivity index (χ3v) is 9.61. The Labute approximate surface area is 260 Å². The normalized spacial score (nSPS) is 12.4. The first-order valence-corrected chi connectivity index (χ1v) is 15.9. The molecule has 0 aliphatic heterocycles. The highest BCUT2D eigenvalue weighted by Gasteiger charge is 2.16. The van der Waals surface area contributed by atoms with Crippen molar-refractivity contribution in [3.63, 3.8) is 0 Å². The van der Waals surface area contributed by atoms with Gasteiger partial charge in [0.1, 0.15) is 0 Å². The second kappa shape index (κ2) is 10.8. The SMILES string of the molecule is CC=CC(=CC)c1cc(-c2ccccc2)cc(-c2ccc(-n3c4ccccc4c4cc5sc6ccccc6c5cc43)cc2)n1. The molecule has 0 aliphatic carbocycles. The van der Waals surface area contributed by atoms with E-state index in [1.165, 1.54) is 47.5 Å². The minimum absolute atomic E-state index is 0.963. The van der Waals surface area contributed by atoms with Gasteiger partial charge in [0.2, 0.25) is 0 Å². The zero-order valence-corrected chi connectivity index (χ0v) is 25.5. The lowest BCUT2D eigenvalue weighted by atomic mass is 9.99. The topological polar surface area (TPSA) is 17.8 Å². The molecule has 0 saturated heterocycles. The molecular weight excluding hydrogens is 553 g/mol. The molecule has 0 N–H and O–H groups in total. The lowest BCUT2D eigenvalue weighted by molar-refractivity contribution is 1.18. The molecule has 0 fully saturated rings. The van der Waals surface area contributed by atoms with Crippen molar-refractivity contribution in [2.45, 2.75) is 13.8 Å². The minimum atomic E-state index is 0.963. The highest BCUT2D eigenvalue weighted by Crippen LogP contribution is 2.40. The van der Waals surface area contributed by atoms with Crippen LogP contribution in [0.3, 0.4) is 0 Å². The van der Waals surface area contributed by atoms with E-state index in [-0.39, 0.29) is 0 Å². The molecule has 0 saturated carbocycles. The molecule has 210 valence electrons. The number of para-hydroxylation sites is 1. The summed E-state index contributed by atoms with van der Waals surface area (Å²) < 4.78 is 5.06. The fourth-order valence-corrected chi connectivity index (χ4v) is 7.51. The Bertz CT molecular complexity index is 2390. The summed E-state index contributed by atoms with van der Waals surface area (Å²) in [6.45, 7) is 4.11. The third kappa shape index (κ3) is 4.36. The molecule has 8 rings (SSSR count). The number of rotatable bonds is 5. The lowest BCUT2D eigenvalue weighted by Crippen LogP contribution is -1.96. The van der Waals surface area contributed by atoms with Crippen LogP contribution in [0.1, 0.15) is 19.5 Å². The first kappa shape index (κ1) is 26.4. The Balaban J connectivity index is 1.30. The maximum absolute atomic E-state index is 5.14. The summed E-state index contributed by atoms with van der Waals surface area (Å²) in [5.41, 5.74) is 10.1. The fourth-order valence-electron chi connectivity index (χ4n) is 6.38. The maximum atomic E-state index is 5.14. The molecule has 0 amide bonds. The summed E-state index contributed by atoms with van der Waals surface area (Å²) in [4.78, 5) is 5.14. The third-order valence-electron chi connectivity index (χ3n) is 8.48. The van der Waals surface area contributed by atoms with Crippen molar-refractivity contribution in [1.29, 1.82) is 0 Å². The summed E-state index contributed by atoms with van der Waals surface area (Å²) >= 11 is 1.87. The summed E-state index contributed by atoms with van der Waals surface area (Å²) in [5.74, 6) is 0. The van der Waals surface area contributed by atoms with E-state index in [0.29, 0.717) is 0 Å². The van der Waals surface area contributed by atoms with E-state index in [0.717, 1.165) is 33.8 Å². The van der Waals surface area contributed by atoms with Crippen LogP contribution in [0.2, 0.25) is 0 Å². The molecule has 3 heterocycles. The monoisotopic (exact) mass is 582 g/mol. The van der Waals surface area contributed by atoms with Gasteiger partial charge in [-0.1, -0.05) is 97.1 Å². The van der Waals surface area contributed by atoms with E-state index in [9.17, 15) is 0 Å². The van der Waals surface area contributed by atoms with Crippen molar-refractivity contribution >= 4 is 58.9 Å². The molecule has 2 nitrogen and oxygen atoms in total. The Morgan fingerprint density at radius 2 is 1.34 bits per heavy atom. The average Bonchev–Trinajstić information content (AvgIpc) is 3.61. The second-order valence-electron chi connectivity index (χ2n) is 11.1. The minimum Gasteiger partial charge on any atom is -0.309 e. The van der Waals surface area contributed by atoms with Crippen molar-refractivity contribution in [1.82, 2.24) is 9.55 Å². The number of nitrogens with zero attached hydrogens (tertiary/aromatic N) is 2. The van der Waals surface area contributed by atoms with Crippen LogP contribution in [0.5, 0.6) is 0 Å². The highest BCUT2D eigenvalue weighted by atomic mass is 32.1. The Kier molecular flexibility index (Phi) is 6.47. The Morgan fingerprint density at radius 1 is 0.591 bits per heavy atom. The Morgan fingerprint density at radius 3 is 2.14 bits per heavy atom. The number of aromatic nitrogens is 2. The van der Waals surface area contributed by atoms with E-state index in [4.69, 9.17) is 4.98 Å². The highest BCUT2D eigenvalue weighted by molar-refractivity contribution is 7.25. The number of allylic oxidation sites excluding steroid dienone is 4. The maximum Gasteiger partial charge on any atom is 0.0715 e. The van der Waals surface area contributed by atoms with Gasteiger partial charge in [-0.2, -0.15) is 0 Å². The molecule has 0 atom stereocenters. The number of hydrogen-bond acceptors (Lipinski definition) is 2. The van der Waals surface area contributed by atoms with Crippen molar-refractivity contribution in [3.8, 4) is 28.1 Å². The van der Waals surface area contributed by atoms with Crippen molar-refractivity contribution < 1.29 is 0 Å². The largest absolute Gasteiger partial charge is 0.309 e. The van der Waals surface area contributed by atoms with Gasteiger partial charge in [0.25, 0.3) is 0 Å². The van der Waals surface area contributed by atoms with E-state index >= 15 is 0 Å². The summed E-state index contributed by atoms with van der Waals surface area (Å²) in [6.07, 6.45) is 6.32. The number of pyridine rings is 1. The smallest absolute Gasteiger partial charge is 0.0715 e. The summed E-state index contributed by atoms with van der Waals surface area (Å²) in [6, 6.07) is 46.1. The van der Waals surface area contributed by atoms with Gasteiger partial charge in [0, 0.05) is 42.2 Å². The van der Waals surface area contributed by atoms with E-state index in [1.54, 1.807) is 0 Å². The van der Waals surface area contributed by atoms with Gasteiger partial charge >= 0.3 is 0 Å². The Hall–Kier alpha value is -5.25. The van der Waals surface area contributed by atoms with Crippen LogP contribution in [0, 0.1) is 0 Å². The van der Waals surface area contributed by atoms with Crippen molar-refractivity contribution in [2.75, 3.05) is 0 Å². The average molecular weight is 583 g/mol. The summed E-state index contributed by atoms with van der Waals surface area (Å²) in [5, 5.41) is 5.19. The van der Waals surface area contributed by atoms with Crippen LogP contribution in [-0.4, -0.2) is 9.55 Å². The van der Waals surface area contributed by atoms with Crippen molar-refractivity contribution in [3.05, 3.63) is 151 Å². The standard InChI is InChI=1S/C41H30N2S/c1-3-12-27(4-2)36-23-30(28-13-6-5-7-14-28)24-37(42-36)29-19-21-31(22-20-29)43-38-17-10-8-15-32(38)34-26-41-35(25-39(34)43)33-16-9-11-18-40(33)44-41/h3-26H,1-2H3. The molecule has 0 bridgehead atoms. The second-order valence-corrected chi connectivity index (χ2v) is 12.2. The molecule has 0 spiro atoms. The molecule has 44 heavy (non-hydrogen) atoms. The van der Waals surface area contributed by atoms with Gasteiger partial charge < -0.3 is 4.57 Å². The van der Waals surface area contributed by atoms with Crippen LogP contribution < -0.4 is 0 Å². The van der Waals surface area contributed by atoms with Gasteiger partial charge in [-0.05, 0) is 79.1 Å². The molecule has 8 aromatic rings. The zero-order valence-electron chi connectivity index (χ0n) is 24.7. The predicted molar refractivity (Wildman–Crippen MR) is 191 cm³/mol. The lowest BCUT2D eigenvalue weighted by Gasteiger charge is -2.12. The van der Waals surface area contributed by atoms with Crippen molar-refractivity contribution in [2.24, 2.45) is 0 Å². The number of fused-ring (bicyclic) bond motifs is 6. The van der Waals surface area contributed by atoms with Gasteiger partial charge in [0.05, 0.1) is 22.4 Å². The summed E-state index contributed by atoms with van der Waals surface area (Å²) in [7, 11) is 0. The van der Waals surface area contributed by atoms with Gasteiger partial charge in [-0.15, -0.1) is 11.3 Å². The fraction of sp³-hybridized carbons (Fsp3) is 0.0488. The molecular formula is C41H30N2S. The van der Waals surface area contributed by atoms with Crippen LogP contribution in [0.15, 0.2) is 146 Å². The van der Waals surface area contributed by atoms with Crippen LogP contribution in [0.25, 0.3) is 75.6 Å². The predicted octanol–water partition coefficient (Wildman–Crippen LogP) is 11.9. The van der Waals surface area contributed by atoms with Gasteiger partial charge in [0.15, 0.2) is 0 Å². The zero-order chi connectivity index (χ0) is 29.6. The van der Waals surface area contributed by atoms with Crippen LogP contribution >= 0.6 is 11.3 Å². The van der Waals surface area contributed by atoms with Crippen LogP contribution in [0.4, 0.5) is 0 Å². The van der Waals surface area contributed by atoms with E-state index in [1.807, 2.05) is 18.3 Å². The van der Waals surface area contributed by atoms with Gasteiger partial charge in [-0.25, -0.2) is 4.98 Å². The van der Waals surface area contributed by atoms with Gasteiger partial charge in [-0.3, -0.25) is 0 Å². The molecule has 0 radical (unpaired) electrons. The van der Waals surface area contributed by atoms with E-state index in [2.05, 4.69) is 157 Å². The first-order chi connectivity index (χ1) is 21.7. The first-order valence-electron chi connectivity index (χ1n) is 15.0. The molecule has 3 aromatic heterocycles. The quantitative estimate of drug-likeness (QED) is 0.185. The molecule has 3 heteroatoms. The number of hydrogen-bond donors (Lipinski definition) is 0. The number of thiophene rings is 1.